The zero-order chi connectivity index (χ0) is 12.5. The molecule has 0 saturated carbocycles. The van der Waals surface area contributed by atoms with E-state index in [1.807, 2.05) is 0 Å². The summed E-state index contributed by atoms with van der Waals surface area (Å²) in [6.45, 7) is 1.22. The Bertz CT molecular complexity index is 431. The SMILES string of the molecule is CC(=O)c1c(Cl)ccc(OC(F)(F)F)c1I. The first-order chi connectivity index (χ1) is 7.22. The molecule has 0 fully saturated rings. The molecule has 0 bridgehead atoms. The van der Waals surface area contributed by atoms with E-state index in [0.29, 0.717) is 0 Å². The van der Waals surface area contributed by atoms with Gasteiger partial charge in [-0.25, -0.2) is 0 Å². The van der Waals surface area contributed by atoms with Gasteiger partial charge < -0.3 is 4.74 Å². The maximum atomic E-state index is 12.0. The van der Waals surface area contributed by atoms with Gasteiger partial charge in [-0.2, -0.15) is 0 Å². The van der Waals surface area contributed by atoms with Crippen LogP contribution in [0.3, 0.4) is 0 Å². The Hall–Kier alpha value is -0.500. The van der Waals surface area contributed by atoms with E-state index in [9.17, 15) is 18.0 Å². The standard InChI is InChI=1S/C9H5ClF3IO2/c1-4(15)7-5(10)2-3-6(8(7)14)16-9(11,12)13/h2-3H,1H3. The number of ketones is 1. The number of rotatable bonds is 2. The molecule has 1 aromatic carbocycles. The summed E-state index contributed by atoms with van der Waals surface area (Å²) in [5.41, 5.74) is 0.0315. The molecule has 0 aliphatic carbocycles. The fourth-order valence-electron chi connectivity index (χ4n) is 1.06. The number of hydrogen-bond donors (Lipinski definition) is 0. The van der Waals surface area contributed by atoms with Gasteiger partial charge in [0.1, 0.15) is 5.75 Å². The van der Waals surface area contributed by atoms with Gasteiger partial charge in [-0.15, -0.1) is 13.2 Å². The molecule has 7 heteroatoms. The zero-order valence-electron chi connectivity index (χ0n) is 7.86. The first-order valence-corrected chi connectivity index (χ1v) is 5.42. The lowest BCUT2D eigenvalue weighted by Crippen LogP contribution is -2.18. The van der Waals surface area contributed by atoms with Crippen LogP contribution in [0.1, 0.15) is 17.3 Å². The van der Waals surface area contributed by atoms with Crippen LogP contribution in [-0.2, 0) is 0 Å². The van der Waals surface area contributed by atoms with Gasteiger partial charge >= 0.3 is 6.36 Å². The average Bonchev–Trinajstić information content (AvgIpc) is 2.07. The molecule has 0 unspecified atom stereocenters. The van der Waals surface area contributed by atoms with Crippen LogP contribution in [0.4, 0.5) is 13.2 Å². The van der Waals surface area contributed by atoms with Gasteiger partial charge in [-0.1, -0.05) is 11.6 Å². The van der Waals surface area contributed by atoms with Crippen molar-refractivity contribution in [3.63, 3.8) is 0 Å². The molecule has 0 heterocycles. The highest BCUT2D eigenvalue weighted by atomic mass is 127. The summed E-state index contributed by atoms with van der Waals surface area (Å²) < 4.78 is 39.8. The largest absolute Gasteiger partial charge is 0.573 e. The molecule has 1 rings (SSSR count). The van der Waals surface area contributed by atoms with Gasteiger partial charge in [0, 0.05) is 0 Å². The van der Waals surface area contributed by atoms with Crippen LogP contribution < -0.4 is 4.74 Å². The van der Waals surface area contributed by atoms with Crippen LogP contribution in [0.25, 0.3) is 0 Å². The number of alkyl halides is 3. The Morgan fingerprint density at radius 3 is 2.44 bits per heavy atom. The molecule has 16 heavy (non-hydrogen) atoms. The van der Waals surface area contributed by atoms with E-state index >= 15 is 0 Å². The quantitative estimate of drug-likeness (QED) is 0.585. The Balaban J connectivity index is 3.24. The summed E-state index contributed by atoms with van der Waals surface area (Å²) in [6.07, 6.45) is -4.79. The minimum atomic E-state index is -4.79. The maximum Gasteiger partial charge on any atom is 0.573 e. The summed E-state index contributed by atoms with van der Waals surface area (Å²) in [5.74, 6) is -0.843. The third kappa shape index (κ3) is 3.24. The molecule has 0 N–H and O–H groups in total. The topological polar surface area (TPSA) is 26.3 Å². The fourth-order valence-corrected chi connectivity index (χ4v) is 2.47. The van der Waals surface area contributed by atoms with Crippen LogP contribution in [0.2, 0.25) is 5.02 Å². The van der Waals surface area contributed by atoms with Crippen molar-refractivity contribution in [1.29, 1.82) is 0 Å². The predicted molar refractivity (Wildman–Crippen MR) is 60.9 cm³/mol. The van der Waals surface area contributed by atoms with Crippen molar-refractivity contribution in [2.75, 3.05) is 0 Å². The van der Waals surface area contributed by atoms with Crippen molar-refractivity contribution >= 4 is 40.0 Å². The highest BCUT2D eigenvalue weighted by Crippen LogP contribution is 2.33. The second-order valence-corrected chi connectivity index (χ2v) is 4.32. The third-order valence-corrected chi connectivity index (χ3v) is 3.02. The molecule has 0 aliphatic heterocycles. The van der Waals surface area contributed by atoms with Gasteiger partial charge in [0.05, 0.1) is 14.2 Å². The van der Waals surface area contributed by atoms with Crippen molar-refractivity contribution in [3.05, 3.63) is 26.3 Å². The Morgan fingerprint density at radius 1 is 1.44 bits per heavy atom. The lowest BCUT2D eigenvalue weighted by atomic mass is 10.1. The second-order valence-electron chi connectivity index (χ2n) is 2.84. The summed E-state index contributed by atoms with van der Waals surface area (Å²) in [6, 6.07) is 2.27. The minimum absolute atomic E-state index is 0.0315. The molecule has 88 valence electrons. The first-order valence-electron chi connectivity index (χ1n) is 3.97. The number of hydrogen-bond acceptors (Lipinski definition) is 2. The van der Waals surface area contributed by atoms with Gasteiger partial charge in [0.25, 0.3) is 0 Å². The second kappa shape index (κ2) is 4.79. The molecule has 2 nitrogen and oxygen atoms in total. The van der Waals surface area contributed by atoms with Crippen molar-refractivity contribution < 1.29 is 22.7 Å². The number of benzene rings is 1. The molecule has 0 saturated heterocycles. The molecule has 0 radical (unpaired) electrons. The van der Waals surface area contributed by atoms with Crippen LogP contribution in [0.15, 0.2) is 12.1 Å². The van der Waals surface area contributed by atoms with Crippen molar-refractivity contribution in [1.82, 2.24) is 0 Å². The molecule has 0 amide bonds. The molecule has 0 atom stereocenters. The number of carbonyl (C=O) groups is 1. The maximum absolute atomic E-state index is 12.0. The Kier molecular flexibility index (Phi) is 4.06. The molecule has 1 aromatic rings. The van der Waals surface area contributed by atoms with Gasteiger partial charge in [-0.05, 0) is 41.6 Å². The smallest absolute Gasteiger partial charge is 0.405 e. The Labute approximate surface area is 108 Å². The Morgan fingerprint density at radius 2 is 2.00 bits per heavy atom. The van der Waals surface area contributed by atoms with E-state index in [0.717, 1.165) is 6.07 Å². The van der Waals surface area contributed by atoms with Crippen molar-refractivity contribution in [2.24, 2.45) is 0 Å². The van der Waals surface area contributed by atoms with E-state index < -0.39 is 17.9 Å². The van der Waals surface area contributed by atoms with Gasteiger partial charge in [0.2, 0.25) is 0 Å². The van der Waals surface area contributed by atoms with E-state index in [-0.39, 0.29) is 14.2 Å². The summed E-state index contributed by atoms with van der Waals surface area (Å²) in [4.78, 5) is 11.2. The average molecular weight is 364 g/mol. The van der Waals surface area contributed by atoms with E-state index in [1.165, 1.54) is 13.0 Å². The van der Waals surface area contributed by atoms with Crippen LogP contribution >= 0.6 is 34.2 Å². The van der Waals surface area contributed by atoms with Gasteiger partial charge in [-0.3, -0.25) is 4.79 Å². The summed E-state index contributed by atoms with van der Waals surface area (Å²) in [7, 11) is 0. The van der Waals surface area contributed by atoms with Crippen LogP contribution in [-0.4, -0.2) is 12.1 Å². The minimum Gasteiger partial charge on any atom is -0.405 e. The lowest BCUT2D eigenvalue weighted by molar-refractivity contribution is -0.275. The molecule has 0 spiro atoms. The monoisotopic (exact) mass is 364 g/mol. The molecule has 0 aliphatic rings. The molecular formula is C9H5ClF3IO2. The normalized spacial score (nSPS) is 11.4. The van der Waals surface area contributed by atoms with E-state index in [1.54, 1.807) is 22.6 Å². The number of carbonyl (C=O) groups excluding carboxylic acids is 1. The van der Waals surface area contributed by atoms with Crippen LogP contribution in [0, 0.1) is 3.57 Å². The third-order valence-electron chi connectivity index (χ3n) is 1.63. The highest BCUT2D eigenvalue weighted by Gasteiger charge is 2.32. The van der Waals surface area contributed by atoms with E-state index in [4.69, 9.17) is 11.6 Å². The summed E-state index contributed by atoms with van der Waals surface area (Å²) >= 11 is 7.30. The number of Topliss-reactive ketones (excluding diaryl/α,β-unsaturated/α-hetero) is 1. The molecule has 0 aromatic heterocycles. The van der Waals surface area contributed by atoms with E-state index in [2.05, 4.69) is 4.74 Å². The highest BCUT2D eigenvalue weighted by molar-refractivity contribution is 14.1. The molecular weight excluding hydrogens is 359 g/mol. The predicted octanol–water partition coefficient (Wildman–Crippen LogP) is 4.05. The first kappa shape index (κ1) is 13.6. The van der Waals surface area contributed by atoms with Crippen molar-refractivity contribution in [3.8, 4) is 5.75 Å². The number of halogens is 5. The van der Waals surface area contributed by atoms with Crippen LogP contribution in [0.5, 0.6) is 5.75 Å². The fraction of sp³-hybridized carbons (Fsp3) is 0.222. The van der Waals surface area contributed by atoms with Crippen molar-refractivity contribution in [2.45, 2.75) is 13.3 Å². The number of ether oxygens (including phenoxy) is 1. The zero-order valence-corrected chi connectivity index (χ0v) is 10.8. The van der Waals surface area contributed by atoms with Gasteiger partial charge in [0.15, 0.2) is 5.78 Å². The lowest BCUT2D eigenvalue weighted by Gasteiger charge is -2.12. The summed E-state index contributed by atoms with van der Waals surface area (Å²) in [5, 5.41) is 0.103.